The second-order valence-electron chi connectivity index (χ2n) is 5.65. The number of aryl methyl sites for hydroxylation is 1. The van der Waals surface area contributed by atoms with Crippen molar-refractivity contribution in [2.75, 3.05) is 32.9 Å². The van der Waals surface area contributed by atoms with Crippen LogP contribution in [0.15, 0.2) is 4.52 Å². The first-order valence-corrected chi connectivity index (χ1v) is 7.43. The van der Waals surface area contributed by atoms with E-state index in [-0.39, 0.29) is 24.0 Å². The number of rotatable bonds is 4. The maximum Gasteiger partial charge on any atom is 0.248 e. The Labute approximate surface area is 123 Å². The Kier molecular flexibility index (Phi) is 3.95. The van der Waals surface area contributed by atoms with Gasteiger partial charge in [-0.25, -0.2) is 0 Å². The van der Waals surface area contributed by atoms with Gasteiger partial charge in [-0.1, -0.05) is 5.16 Å². The maximum absolute atomic E-state index is 12.2. The molecule has 2 atom stereocenters. The van der Waals surface area contributed by atoms with E-state index in [9.17, 15) is 4.79 Å². The summed E-state index contributed by atoms with van der Waals surface area (Å²) in [5.74, 6) is 1.22. The molecule has 1 amide bonds. The molecule has 0 saturated carbocycles. The fourth-order valence-corrected chi connectivity index (χ4v) is 3.24. The minimum absolute atomic E-state index is 0.0119. The zero-order chi connectivity index (χ0) is 14.9. The highest BCUT2D eigenvalue weighted by Gasteiger charge is 2.53. The van der Waals surface area contributed by atoms with E-state index in [0.29, 0.717) is 38.0 Å². The van der Waals surface area contributed by atoms with Gasteiger partial charge in [0.2, 0.25) is 11.8 Å². The Bertz CT molecular complexity index is 518. The van der Waals surface area contributed by atoms with Crippen LogP contribution in [0, 0.1) is 6.92 Å². The topological polar surface area (TPSA) is 77.7 Å². The van der Waals surface area contributed by atoms with Crippen molar-refractivity contribution in [1.82, 2.24) is 15.0 Å². The van der Waals surface area contributed by atoms with Crippen molar-refractivity contribution in [3.8, 4) is 0 Å². The molecule has 116 valence electrons. The second kappa shape index (κ2) is 5.73. The quantitative estimate of drug-likeness (QED) is 0.812. The zero-order valence-corrected chi connectivity index (χ0v) is 12.5. The molecule has 3 rings (SSSR count). The number of hydrogen-bond acceptors (Lipinski definition) is 6. The number of nitrogens with zero attached hydrogens (tertiary/aromatic N) is 3. The van der Waals surface area contributed by atoms with Gasteiger partial charge < -0.3 is 18.9 Å². The number of carbonyl (C=O) groups is 1. The van der Waals surface area contributed by atoms with Crippen LogP contribution in [0.25, 0.3) is 0 Å². The first-order valence-electron chi connectivity index (χ1n) is 7.43. The summed E-state index contributed by atoms with van der Waals surface area (Å²) in [5.41, 5.74) is -0.360. The lowest BCUT2D eigenvalue weighted by Crippen LogP contribution is -2.55. The fourth-order valence-electron chi connectivity index (χ4n) is 3.24. The number of fused-ring (bicyclic) bond motifs is 1. The summed E-state index contributed by atoms with van der Waals surface area (Å²) < 4.78 is 16.5. The summed E-state index contributed by atoms with van der Waals surface area (Å²) in [5, 5.41) is 3.90. The van der Waals surface area contributed by atoms with Crippen LogP contribution in [0.1, 0.15) is 31.5 Å². The van der Waals surface area contributed by atoms with E-state index in [0.717, 1.165) is 12.8 Å². The maximum atomic E-state index is 12.2. The monoisotopic (exact) mass is 295 g/mol. The largest absolute Gasteiger partial charge is 0.377 e. The van der Waals surface area contributed by atoms with E-state index in [1.807, 2.05) is 11.8 Å². The van der Waals surface area contributed by atoms with Gasteiger partial charge in [0.15, 0.2) is 5.82 Å². The van der Waals surface area contributed by atoms with Crippen LogP contribution in [0.5, 0.6) is 0 Å². The smallest absolute Gasteiger partial charge is 0.248 e. The van der Waals surface area contributed by atoms with Crippen LogP contribution in [0.3, 0.4) is 0 Å². The molecule has 0 aromatic carbocycles. The minimum atomic E-state index is -0.360. The van der Waals surface area contributed by atoms with Gasteiger partial charge in [-0.3, -0.25) is 4.79 Å². The van der Waals surface area contributed by atoms with Crippen molar-refractivity contribution < 1.29 is 18.8 Å². The normalized spacial score (nSPS) is 28.7. The summed E-state index contributed by atoms with van der Waals surface area (Å²) in [7, 11) is 0. The lowest BCUT2D eigenvalue weighted by Gasteiger charge is -2.41. The number of ether oxygens (including phenoxy) is 2. The van der Waals surface area contributed by atoms with Crippen LogP contribution < -0.4 is 0 Å². The van der Waals surface area contributed by atoms with E-state index in [1.165, 1.54) is 0 Å². The number of likely N-dealkylation sites (tertiary alicyclic amines) is 1. The lowest BCUT2D eigenvalue weighted by molar-refractivity contribution is -0.140. The molecule has 2 fully saturated rings. The molecule has 0 unspecified atom stereocenters. The van der Waals surface area contributed by atoms with Gasteiger partial charge in [-0.05, 0) is 26.7 Å². The van der Waals surface area contributed by atoms with Crippen LogP contribution in [-0.4, -0.2) is 60.0 Å². The van der Waals surface area contributed by atoms with E-state index in [4.69, 9.17) is 14.0 Å². The van der Waals surface area contributed by atoms with E-state index in [1.54, 1.807) is 6.92 Å². The fraction of sp³-hybridized carbons (Fsp3) is 0.786. The average molecular weight is 295 g/mol. The standard InChI is InChI=1S/C14H21N3O4/c1-3-19-8-12(18)17-6-4-11-14(9-17,5-7-20-11)13-15-10(2)16-21-13/h11H,3-9H2,1-2H3/t11-,14-/m1/s1. The van der Waals surface area contributed by atoms with Crippen molar-refractivity contribution in [1.29, 1.82) is 0 Å². The van der Waals surface area contributed by atoms with Crippen molar-refractivity contribution in [3.63, 3.8) is 0 Å². The number of piperidine rings is 1. The highest BCUT2D eigenvalue weighted by atomic mass is 16.5. The molecule has 0 bridgehead atoms. The van der Waals surface area contributed by atoms with Crippen molar-refractivity contribution >= 4 is 5.91 Å². The first kappa shape index (κ1) is 14.5. The number of amides is 1. The summed E-state index contributed by atoms with van der Waals surface area (Å²) in [6.45, 7) is 6.26. The van der Waals surface area contributed by atoms with Crippen LogP contribution in [0.4, 0.5) is 0 Å². The van der Waals surface area contributed by atoms with Crippen LogP contribution in [0.2, 0.25) is 0 Å². The molecule has 0 N–H and O–H groups in total. The third kappa shape index (κ3) is 2.55. The van der Waals surface area contributed by atoms with Gasteiger partial charge in [0.25, 0.3) is 0 Å². The van der Waals surface area contributed by atoms with Gasteiger partial charge in [-0.15, -0.1) is 0 Å². The molecule has 2 saturated heterocycles. The molecule has 3 heterocycles. The molecule has 2 aliphatic rings. The average Bonchev–Trinajstić information content (AvgIpc) is 3.10. The molecule has 0 aliphatic carbocycles. The Morgan fingerprint density at radius 3 is 3.14 bits per heavy atom. The van der Waals surface area contributed by atoms with Gasteiger partial charge in [0.1, 0.15) is 6.61 Å². The molecule has 21 heavy (non-hydrogen) atoms. The summed E-state index contributed by atoms with van der Waals surface area (Å²) >= 11 is 0. The Morgan fingerprint density at radius 2 is 2.43 bits per heavy atom. The molecular formula is C14H21N3O4. The highest BCUT2D eigenvalue weighted by molar-refractivity contribution is 5.77. The van der Waals surface area contributed by atoms with Crippen molar-refractivity contribution in [2.24, 2.45) is 0 Å². The minimum Gasteiger partial charge on any atom is -0.377 e. The molecule has 0 spiro atoms. The zero-order valence-electron chi connectivity index (χ0n) is 12.5. The van der Waals surface area contributed by atoms with E-state index >= 15 is 0 Å². The molecule has 1 aromatic heterocycles. The van der Waals surface area contributed by atoms with Crippen LogP contribution >= 0.6 is 0 Å². The summed E-state index contributed by atoms with van der Waals surface area (Å²) in [6.07, 6.45) is 1.64. The van der Waals surface area contributed by atoms with Crippen molar-refractivity contribution in [3.05, 3.63) is 11.7 Å². The highest BCUT2D eigenvalue weighted by Crippen LogP contribution is 2.42. The second-order valence-corrected chi connectivity index (χ2v) is 5.65. The third-order valence-electron chi connectivity index (χ3n) is 4.35. The van der Waals surface area contributed by atoms with Gasteiger partial charge >= 0.3 is 0 Å². The van der Waals surface area contributed by atoms with E-state index in [2.05, 4.69) is 10.1 Å². The van der Waals surface area contributed by atoms with Crippen molar-refractivity contribution in [2.45, 2.75) is 38.2 Å². The predicted octanol–water partition coefficient (Wildman–Crippen LogP) is 0.674. The van der Waals surface area contributed by atoms with Gasteiger partial charge in [-0.2, -0.15) is 4.98 Å². The predicted molar refractivity (Wildman–Crippen MR) is 72.8 cm³/mol. The molecule has 7 heteroatoms. The molecule has 7 nitrogen and oxygen atoms in total. The van der Waals surface area contributed by atoms with E-state index < -0.39 is 0 Å². The summed E-state index contributed by atoms with van der Waals surface area (Å²) in [6, 6.07) is 0. The van der Waals surface area contributed by atoms with Gasteiger partial charge in [0.05, 0.1) is 11.5 Å². The number of hydrogen-bond donors (Lipinski definition) is 0. The lowest BCUT2D eigenvalue weighted by atomic mass is 9.76. The molecule has 0 radical (unpaired) electrons. The third-order valence-corrected chi connectivity index (χ3v) is 4.35. The molecule has 2 aliphatic heterocycles. The Balaban J connectivity index is 1.81. The Hall–Kier alpha value is -1.47. The SMILES string of the molecule is CCOCC(=O)N1CC[C@H]2OCC[C@@]2(c2nc(C)no2)C1. The molecule has 1 aromatic rings. The Morgan fingerprint density at radius 1 is 1.57 bits per heavy atom. The first-order chi connectivity index (χ1) is 10.2. The van der Waals surface area contributed by atoms with Gasteiger partial charge in [0, 0.05) is 26.3 Å². The number of aromatic nitrogens is 2. The summed E-state index contributed by atoms with van der Waals surface area (Å²) in [4.78, 5) is 18.4. The van der Waals surface area contributed by atoms with Crippen LogP contribution in [-0.2, 0) is 19.7 Å². The molecular weight excluding hydrogens is 274 g/mol. The number of carbonyl (C=O) groups excluding carboxylic acids is 1.